The van der Waals surface area contributed by atoms with Crippen LogP contribution in [-0.2, 0) is 28.5 Å². The highest BCUT2D eigenvalue weighted by Gasteiger charge is 2.17. The molecular weight excluding hydrogens is 356 g/mol. The fourth-order valence-electron chi connectivity index (χ4n) is 2.17. The Morgan fingerprint density at radius 2 is 1.74 bits per heavy atom. The van der Waals surface area contributed by atoms with Gasteiger partial charge in [0, 0.05) is 24.6 Å². The molecule has 2 atom stereocenters. The molecule has 0 radical (unpaired) electrons. The summed E-state index contributed by atoms with van der Waals surface area (Å²) in [5.74, 6) is -1.52. The van der Waals surface area contributed by atoms with Gasteiger partial charge in [0.2, 0.25) is 0 Å². The lowest BCUT2D eigenvalue weighted by molar-refractivity contribution is -0.305. The summed E-state index contributed by atoms with van der Waals surface area (Å²) >= 11 is 0. The normalized spacial score (nSPS) is 13.1. The molecule has 27 heavy (non-hydrogen) atoms. The SMILES string of the molecule is C=C(C)C(=O)OCCOC(CC(CC)OCCO)OCCCCCC(=O)[O-]. The summed E-state index contributed by atoms with van der Waals surface area (Å²) in [7, 11) is 0. The lowest BCUT2D eigenvalue weighted by Gasteiger charge is -2.23. The van der Waals surface area contributed by atoms with Crippen molar-refractivity contribution in [1.82, 2.24) is 0 Å². The second-order valence-electron chi connectivity index (χ2n) is 6.13. The predicted molar refractivity (Wildman–Crippen MR) is 96.7 cm³/mol. The van der Waals surface area contributed by atoms with Crippen molar-refractivity contribution in [2.24, 2.45) is 0 Å². The third-order valence-electron chi connectivity index (χ3n) is 3.65. The Bertz CT molecular complexity index is 424. The summed E-state index contributed by atoms with van der Waals surface area (Å²) < 4.78 is 21.9. The van der Waals surface area contributed by atoms with Crippen molar-refractivity contribution >= 4 is 11.9 Å². The molecule has 0 aliphatic heterocycles. The van der Waals surface area contributed by atoms with Crippen LogP contribution in [-0.4, -0.2) is 62.5 Å². The molecule has 0 aliphatic rings. The Morgan fingerprint density at radius 3 is 2.33 bits per heavy atom. The molecule has 0 spiro atoms. The Morgan fingerprint density at radius 1 is 1.04 bits per heavy atom. The van der Waals surface area contributed by atoms with Crippen molar-refractivity contribution in [3.05, 3.63) is 12.2 Å². The quantitative estimate of drug-likeness (QED) is 0.159. The zero-order valence-corrected chi connectivity index (χ0v) is 16.4. The number of ether oxygens (including phenoxy) is 4. The van der Waals surface area contributed by atoms with E-state index in [4.69, 9.17) is 24.1 Å². The van der Waals surface area contributed by atoms with Gasteiger partial charge in [-0.25, -0.2) is 4.79 Å². The zero-order valence-electron chi connectivity index (χ0n) is 16.4. The fraction of sp³-hybridized carbons (Fsp3) is 0.789. The van der Waals surface area contributed by atoms with Crippen molar-refractivity contribution in [3.8, 4) is 0 Å². The topological polar surface area (TPSA) is 114 Å². The molecule has 0 aliphatic carbocycles. The van der Waals surface area contributed by atoms with E-state index < -0.39 is 18.2 Å². The average molecular weight is 389 g/mol. The second kappa shape index (κ2) is 16.7. The summed E-state index contributed by atoms with van der Waals surface area (Å²) in [6.07, 6.45) is 2.55. The number of aliphatic hydroxyl groups excluding tert-OH is 1. The minimum Gasteiger partial charge on any atom is -0.550 e. The van der Waals surface area contributed by atoms with Gasteiger partial charge in [-0.3, -0.25) is 0 Å². The Labute approximate surface area is 161 Å². The summed E-state index contributed by atoms with van der Waals surface area (Å²) in [5, 5.41) is 19.3. The van der Waals surface area contributed by atoms with E-state index in [0.717, 1.165) is 12.8 Å². The van der Waals surface area contributed by atoms with Crippen LogP contribution in [0.2, 0.25) is 0 Å². The Hall–Kier alpha value is -1.48. The van der Waals surface area contributed by atoms with Crippen molar-refractivity contribution < 1.29 is 38.7 Å². The van der Waals surface area contributed by atoms with Gasteiger partial charge in [0.15, 0.2) is 6.29 Å². The summed E-state index contributed by atoms with van der Waals surface area (Å²) in [4.78, 5) is 21.7. The van der Waals surface area contributed by atoms with Crippen LogP contribution in [0.25, 0.3) is 0 Å². The fourth-order valence-corrected chi connectivity index (χ4v) is 2.17. The summed E-state index contributed by atoms with van der Waals surface area (Å²) in [5.41, 5.74) is 0.322. The van der Waals surface area contributed by atoms with E-state index in [-0.39, 0.29) is 39.0 Å². The molecule has 158 valence electrons. The van der Waals surface area contributed by atoms with E-state index in [0.29, 0.717) is 31.4 Å². The first-order valence-electron chi connectivity index (χ1n) is 9.38. The number of aliphatic hydroxyl groups is 1. The maximum atomic E-state index is 11.4. The molecule has 0 fully saturated rings. The van der Waals surface area contributed by atoms with E-state index in [9.17, 15) is 14.7 Å². The van der Waals surface area contributed by atoms with Gasteiger partial charge in [0.05, 0.1) is 25.9 Å². The van der Waals surface area contributed by atoms with Crippen molar-refractivity contribution in [2.75, 3.05) is 33.0 Å². The second-order valence-corrected chi connectivity index (χ2v) is 6.13. The highest BCUT2D eigenvalue weighted by molar-refractivity contribution is 5.86. The van der Waals surface area contributed by atoms with Crippen LogP contribution >= 0.6 is 0 Å². The van der Waals surface area contributed by atoms with Gasteiger partial charge >= 0.3 is 5.97 Å². The number of rotatable bonds is 18. The molecule has 0 amide bonds. The molecule has 0 heterocycles. The van der Waals surface area contributed by atoms with Crippen LogP contribution in [0.4, 0.5) is 0 Å². The number of carbonyl (C=O) groups excluding carboxylic acids is 2. The molecule has 0 aromatic rings. The average Bonchev–Trinajstić information content (AvgIpc) is 2.63. The van der Waals surface area contributed by atoms with Crippen molar-refractivity contribution in [2.45, 2.75) is 64.8 Å². The predicted octanol–water partition coefficient (Wildman–Crippen LogP) is 0.953. The lowest BCUT2D eigenvalue weighted by atomic mass is 10.2. The summed E-state index contributed by atoms with van der Waals surface area (Å²) in [6.45, 7) is 7.90. The number of hydrogen-bond donors (Lipinski definition) is 1. The first-order chi connectivity index (χ1) is 12.9. The first-order valence-corrected chi connectivity index (χ1v) is 9.38. The van der Waals surface area contributed by atoms with Gasteiger partial charge in [-0.05, 0) is 32.6 Å². The molecule has 0 bridgehead atoms. The molecule has 0 aromatic carbocycles. The van der Waals surface area contributed by atoms with E-state index in [1.807, 2.05) is 6.92 Å². The molecule has 1 N–H and O–H groups in total. The van der Waals surface area contributed by atoms with E-state index in [1.54, 1.807) is 6.92 Å². The molecule has 0 aromatic heterocycles. The van der Waals surface area contributed by atoms with E-state index in [1.165, 1.54) is 0 Å². The number of unbranched alkanes of at least 4 members (excludes halogenated alkanes) is 2. The van der Waals surface area contributed by atoms with Gasteiger partial charge in [-0.2, -0.15) is 0 Å². The van der Waals surface area contributed by atoms with Crippen LogP contribution in [0.1, 0.15) is 52.4 Å². The van der Waals surface area contributed by atoms with Crippen LogP contribution in [0, 0.1) is 0 Å². The van der Waals surface area contributed by atoms with Gasteiger partial charge in [-0.15, -0.1) is 0 Å². The Balaban J connectivity index is 4.28. The van der Waals surface area contributed by atoms with E-state index >= 15 is 0 Å². The van der Waals surface area contributed by atoms with Crippen LogP contribution in [0.5, 0.6) is 0 Å². The van der Waals surface area contributed by atoms with Gasteiger partial charge < -0.3 is 34.0 Å². The molecular formula is C19H33O8-. The smallest absolute Gasteiger partial charge is 0.333 e. The number of carboxylic acid groups (broad SMARTS) is 1. The van der Waals surface area contributed by atoms with Crippen LogP contribution in [0.15, 0.2) is 12.2 Å². The molecule has 0 saturated carbocycles. The van der Waals surface area contributed by atoms with Gasteiger partial charge in [0.1, 0.15) is 6.61 Å². The third-order valence-corrected chi connectivity index (χ3v) is 3.65. The van der Waals surface area contributed by atoms with Crippen LogP contribution < -0.4 is 5.11 Å². The minimum atomic E-state index is -1.05. The number of carboxylic acids is 1. The lowest BCUT2D eigenvalue weighted by Crippen LogP contribution is -2.28. The van der Waals surface area contributed by atoms with Gasteiger partial charge in [0.25, 0.3) is 0 Å². The summed E-state index contributed by atoms with van der Waals surface area (Å²) in [6, 6.07) is 0. The molecule has 0 rings (SSSR count). The molecule has 8 heteroatoms. The minimum absolute atomic E-state index is 0.0426. The Kier molecular flexibility index (Phi) is 15.8. The van der Waals surface area contributed by atoms with Crippen LogP contribution in [0.3, 0.4) is 0 Å². The highest BCUT2D eigenvalue weighted by atomic mass is 16.7. The number of aliphatic carboxylic acids is 1. The highest BCUT2D eigenvalue weighted by Crippen LogP contribution is 2.13. The standard InChI is InChI=1S/C19H34O8/c1-4-16(24-11-9-20)14-18(25-10-7-5-6-8-17(21)22)26-12-13-27-19(23)15(2)3/h16,18,20H,2,4-14H2,1,3H3,(H,21,22)/p-1. The third kappa shape index (κ3) is 15.3. The number of carbonyl (C=O) groups is 2. The van der Waals surface area contributed by atoms with Crippen molar-refractivity contribution in [3.63, 3.8) is 0 Å². The maximum absolute atomic E-state index is 11.4. The van der Waals surface area contributed by atoms with E-state index in [2.05, 4.69) is 6.58 Å². The van der Waals surface area contributed by atoms with Gasteiger partial charge in [-0.1, -0.05) is 19.9 Å². The number of hydrogen-bond acceptors (Lipinski definition) is 8. The maximum Gasteiger partial charge on any atom is 0.333 e. The molecule has 0 saturated heterocycles. The monoisotopic (exact) mass is 389 g/mol. The molecule has 2 unspecified atom stereocenters. The first kappa shape index (κ1) is 25.5. The van der Waals surface area contributed by atoms with Crippen molar-refractivity contribution in [1.29, 1.82) is 0 Å². The molecule has 8 nitrogen and oxygen atoms in total. The zero-order chi connectivity index (χ0) is 20.5. The largest absolute Gasteiger partial charge is 0.550 e. The number of esters is 1.